The van der Waals surface area contributed by atoms with Crippen molar-refractivity contribution < 1.29 is 14.0 Å². The van der Waals surface area contributed by atoms with Crippen LogP contribution in [0.5, 0.6) is 0 Å². The summed E-state index contributed by atoms with van der Waals surface area (Å²) in [5.74, 6) is -0.722. The summed E-state index contributed by atoms with van der Waals surface area (Å²) in [6.07, 6.45) is 2.02. The van der Waals surface area contributed by atoms with Gasteiger partial charge in [0.15, 0.2) is 0 Å². The zero-order chi connectivity index (χ0) is 19.5. The zero-order valence-electron chi connectivity index (χ0n) is 15.3. The van der Waals surface area contributed by atoms with E-state index in [9.17, 15) is 14.0 Å². The van der Waals surface area contributed by atoms with E-state index < -0.39 is 0 Å². The average Bonchev–Trinajstić information content (AvgIpc) is 3.26. The van der Waals surface area contributed by atoms with Crippen LogP contribution in [0.1, 0.15) is 23.2 Å². The summed E-state index contributed by atoms with van der Waals surface area (Å²) in [5.41, 5.74) is 2.41. The van der Waals surface area contributed by atoms with E-state index in [1.54, 1.807) is 23.1 Å². The Morgan fingerprint density at radius 3 is 2.50 bits per heavy atom. The number of hydrogen-bond donors (Lipinski definition) is 1. The van der Waals surface area contributed by atoms with E-state index in [0.717, 1.165) is 25.9 Å². The van der Waals surface area contributed by atoms with Gasteiger partial charge in [-0.05, 0) is 49.2 Å². The third-order valence-corrected chi connectivity index (χ3v) is 4.96. The van der Waals surface area contributed by atoms with E-state index in [-0.39, 0.29) is 24.2 Å². The van der Waals surface area contributed by atoms with E-state index >= 15 is 0 Å². The SMILES string of the molecule is O=C(NCC(=O)N1CCCC1)c1cc(-c2ccc(F)cc2)nc2ccccc12. The van der Waals surface area contributed by atoms with Crippen molar-refractivity contribution in [2.75, 3.05) is 19.6 Å². The van der Waals surface area contributed by atoms with Crippen LogP contribution in [0.4, 0.5) is 4.39 Å². The first-order valence-electron chi connectivity index (χ1n) is 9.33. The molecule has 0 unspecified atom stereocenters. The standard InChI is InChI=1S/C22H20FN3O2/c23-16-9-7-15(8-10-16)20-13-18(17-5-1-2-6-19(17)25-20)22(28)24-14-21(27)26-11-3-4-12-26/h1-2,5-10,13H,3-4,11-12,14H2,(H,24,28). The van der Waals surface area contributed by atoms with Gasteiger partial charge in [0.05, 0.1) is 23.3 Å². The van der Waals surface area contributed by atoms with Crippen molar-refractivity contribution in [3.05, 3.63) is 66.0 Å². The fraction of sp³-hybridized carbons (Fsp3) is 0.227. The van der Waals surface area contributed by atoms with E-state index in [4.69, 9.17) is 0 Å². The number of para-hydroxylation sites is 1. The van der Waals surface area contributed by atoms with Crippen LogP contribution in [-0.4, -0.2) is 41.3 Å². The van der Waals surface area contributed by atoms with Gasteiger partial charge in [-0.2, -0.15) is 0 Å². The molecule has 1 aliphatic rings. The van der Waals surface area contributed by atoms with Crippen molar-refractivity contribution in [1.82, 2.24) is 15.2 Å². The van der Waals surface area contributed by atoms with Crippen molar-refractivity contribution in [2.45, 2.75) is 12.8 Å². The van der Waals surface area contributed by atoms with Crippen LogP contribution in [0.2, 0.25) is 0 Å². The molecule has 4 rings (SSSR count). The number of nitrogens with zero attached hydrogens (tertiary/aromatic N) is 2. The molecule has 1 aliphatic heterocycles. The first-order valence-corrected chi connectivity index (χ1v) is 9.33. The molecule has 1 N–H and O–H groups in total. The van der Waals surface area contributed by atoms with Gasteiger partial charge in [0.25, 0.3) is 5.91 Å². The number of fused-ring (bicyclic) bond motifs is 1. The Kier molecular flexibility index (Phi) is 5.02. The number of benzene rings is 2. The second kappa shape index (κ2) is 7.76. The molecule has 0 bridgehead atoms. The Labute approximate surface area is 162 Å². The monoisotopic (exact) mass is 377 g/mol. The number of hydrogen-bond acceptors (Lipinski definition) is 3. The summed E-state index contributed by atoms with van der Waals surface area (Å²) in [6.45, 7) is 1.48. The first-order chi connectivity index (χ1) is 13.6. The molecule has 6 heteroatoms. The highest BCUT2D eigenvalue weighted by atomic mass is 19.1. The lowest BCUT2D eigenvalue weighted by Gasteiger charge is -2.16. The molecule has 0 aliphatic carbocycles. The maximum atomic E-state index is 13.2. The van der Waals surface area contributed by atoms with E-state index in [2.05, 4.69) is 10.3 Å². The molecular weight excluding hydrogens is 357 g/mol. The van der Waals surface area contributed by atoms with Crippen LogP contribution in [0.25, 0.3) is 22.2 Å². The lowest BCUT2D eigenvalue weighted by Crippen LogP contribution is -2.38. The molecule has 1 saturated heterocycles. The molecule has 142 valence electrons. The van der Waals surface area contributed by atoms with Crippen LogP contribution >= 0.6 is 0 Å². The smallest absolute Gasteiger partial charge is 0.252 e. The summed E-state index contributed by atoms with van der Waals surface area (Å²) in [7, 11) is 0. The fourth-order valence-corrected chi connectivity index (χ4v) is 3.46. The molecule has 0 atom stereocenters. The van der Waals surface area contributed by atoms with Crippen LogP contribution in [0.3, 0.4) is 0 Å². The van der Waals surface area contributed by atoms with Crippen LogP contribution < -0.4 is 5.32 Å². The van der Waals surface area contributed by atoms with Gasteiger partial charge in [0, 0.05) is 24.0 Å². The van der Waals surface area contributed by atoms with Crippen molar-refractivity contribution in [2.24, 2.45) is 0 Å². The minimum atomic E-state index is -0.331. The number of nitrogens with one attached hydrogen (secondary N) is 1. The lowest BCUT2D eigenvalue weighted by molar-refractivity contribution is -0.129. The maximum Gasteiger partial charge on any atom is 0.252 e. The maximum absolute atomic E-state index is 13.2. The third-order valence-electron chi connectivity index (χ3n) is 4.96. The molecule has 0 saturated carbocycles. The number of pyridine rings is 1. The van der Waals surface area contributed by atoms with Gasteiger partial charge in [0.2, 0.25) is 5.91 Å². The van der Waals surface area contributed by atoms with Gasteiger partial charge in [-0.3, -0.25) is 9.59 Å². The first kappa shape index (κ1) is 18.1. The third kappa shape index (κ3) is 3.71. The predicted molar refractivity (Wildman–Crippen MR) is 105 cm³/mol. The lowest BCUT2D eigenvalue weighted by atomic mass is 10.0. The Bertz CT molecular complexity index is 1030. The summed E-state index contributed by atoms with van der Waals surface area (Å²) in [6, 6.07) is 15.0. The molecule has 2 aromatic carbocycles. The largest absolute Gasteiger partial charge is 0.343 e. The summed E-state index contributed by atoms with van der Waals surface area (Å²) in [4.78, 5) is 31.4. The molecule has 1 fully saturated rings. The topological polar surface area (TPSA) is 62.3 Å². The zero-order valence-corrected chi connectivity index (χ0v) is 15.3. The molecule has 28 heavy (non-hydrogen) atoms. The van der Waals surface area contributed by atoms with Crippen molar-refractivity contribution in [3.8, 4) is 11.3 Å². The molecule has 0 radical (unpaired) electrons. The number of rotatable bonds is 4. The van der Waals surface area contributed by atoms with Gasteiger partial charge in [-0.25, -0.2) is 9.37 Å². The van der Waals surface area contributed by atoms with Gasteiger partial charge in [-0.1, -0.05) is 18.2 Å². The number of aromatic nitrogens is 1. The number of amides is 2. The Morgan fingerprint density at radius 2 is 1.75 bits per heavy atom. The van der Waals surface area contributed by atoms with Crippen molar-refractivity contribution >= 4 is 22.7 Å². The Morgan fingerprint density at radius 1 is 1.04 bits per heavy atom. The molecule has 2 amide bonds. The molecule has 1 aromatic heterocycles. The summed E-state index contributed by atoms with van der Waals surface area (Å²) < 4.78 is 13.2. The average molecular weight is 377 g/mol. The summed E-state index contributed by atoms with van der Waals surface area (Å²) in [5, 5.41) is 3.45. The second-order valence-electron chi connectivity index (χ2n) is 6.85. The summed E-state index contributed by atoms with van der Waals surface area (Å²) >= 11 is 0. The Balaban J connectivity index is 1.63. The van der Waals surface area contributed by atoms with Gasteiger partial charge in [0.1, 0.15) is 5.82 Å². The minimum Gasteiger partial charge on any atom is -0.343 e. The predicted octanol–water partition coefficient (Wildman–Crippen LogP) is 3.39. The number of likely N-dealkylation sites (tertiary alicyclic amines) is 1. The van der Waals surface area contributed by atoms with Crippen molar-refractivity contribution in [3.63, 3.8) is 0 Å². The number of halogens is 1. The molecule has 0 spiro atoms. The van der Waals surface area contributed by atoms with Crippen molar-refractivity contribution in [1.29, 1.82) is 0 Å². The van der Waals surface area contributed by atoms with Crippen LogP contribution in [-0.2, 0) is 4.79 Å². The van der Waals surface area contributed by atoms with Gasteiger partial charge in [-0.15, -0.1) is 0 Å². The highest BCUT2D eigenvalue weighted by molar-refractivity contribution is 6.08. The van der Waals surface area contributed by atoms with E-state index in [1.165, 1.54) is 12.1 Å². The van der Waals surface area contributed by atoms with E-state index in [1.807, 2.05) is 24.3 Å². The molecular formula is C22H20FN3O2. The van der Waals surface area contributed by atoms with Gasteiger partial charge < -0.3 is 10.2 Å². The highest BCUT2D eigenvalue weighted by Gasteiger charge is 2.19. The molecule has 2 heterocycles. The molecule has 3 aromatic rings. The van der Waals surface area contributed by atoms with Crippen LogP contribution in [0, 0.1) is 5.82 Å². The Hall–Kier alpha value is -3.28. The molecule has 5 nitrogen and oxygen atoms in total. The highest BCUT2D eigenvalue weighted by Crippen LogP contribution is 2.25. The quantitative estimate of drug-likeness (QED) is 0.758. The van der Waals surface area contributed by atoms with Gasteiger partial charge >= 0.3 is 0 Å². The van der Waals surface area contributed by atoms with Crippen LogP contribution in [0.15, 0.2) is 54.6 Å². The second-order valence-corrected chi connectivity index (χ2v) is 6.85. The number of carbonyl (C=O) groups is 2. The minimum absolute atomic E-state index is 0.0264. The van der Waals surface area contributed by atoms with E-state index in [0.29, 0.717) is 27.7 Å². The normalized spacial score (nSPS) is 13.7. The fourth-order valence-electron chi connectivity index (χ4n) is 3.46. The number of carbonyl (C=O) groups excluding carboxylic acids is 2.